The zero-order valence-corrected chi connectivity index (χ0v) is 18.5. The Morgan fingerprint density at radius 2 is 1.78 bits per heavy atom. The van der Waals surface area contributed by atoms with Gasteiger partial charge in [-0.1, -0.05) is 20.8 Å². The fourth-order valence-corrected chi connectivity index (χ4v) is 4.34. The molecule has 0 aromatic carbocycles. The lowest BCUT2D eigenvalue weighted by Crippen LogP contribution is -2.44. The van der Waals surface area contributed by atoms with Crippen molar-refractivity contribution in [2.45, 2.75) is 89.2 Å². The summed E-state index contributed by atoms with van der Waals surface area (Å²) in [5, 5.41) is 0.0784. The molecule has 3 aliphatic heterocycles. The maximum atomic E-state index is 12.0. The van der Waals surface area contributed by atoms with Crippen molar-refractivity contribution in [1.29, 1.82) is 0 Å². The lowest BCUT2D eigenvalue weighted by Gasteiger charge is -2.37. The molecule has 3 aliphatic rings. The van der Waals surface area contributed by atoms with Crippen LogP contribution in [-0.2, 0) is 32.9 Å². The zero-order valence-electron chi connectivity index (χ0n) is 17.5. The van der Waals surface area contributed by atoms with Crippen LogP contribution in [0.2, 0.25) is 18.1 Å². The molecule has 0 amide bonds. The minimum atomic E-state index is -1.96. The van der Waals surface area contributed by atoms with Crippen LogP contribution in [0.1, 0.15) is 34.6 Å². The van der Waals surface area contributed by atoms with E-state index in [9.17, 15) is 4.79 Å². The van der Waals surface area contributed by atoms with Crippen LogP contribution in [0.5, 0.6) is 0 Å². The molecule has 0 radical (unpaired) electrons. The zero-order chi connectivity index (χ0) is 20.2. The Labute approximate surface area is 162 Å². The van der Waals surface area contributed by atoms with Crippen molar-refractivity contribution in [2.24, 2.45) is 0 Å². The molecule has 3 rings (SSSR count). The van der Waals surface area contributed by atoms with E-state index in [1.807, 2.05) is 13.8 Å². The Morgan fingerprint density at radius 1 is 1.15 bits per heavy atom. The van der Waals surface area contributed by atoms with Crippen molar-refractivity contribution in [1.82, 2.24) is 0 Å². The molecule has 2 saturated heterocycles. The Bertz CT molecular complexity index is 622. The van der Waals surface area contributed by atoms with Gasteiger partial charge in [-0.15, -0.1) is 0 Å². The number of rotatable bonds is 5. The summed E-state index contributed by atoms with van der Waals surface area (Å²) in [7, 11) is -0.396. The molecule has 8 heteroatoms. The first-order valence-electron chi connectivity index (χ1n) is 9.43. The van der Waals surface area contributed by atoms with Gasteiger partial charge in [-0.25, -0.2) is 4.79 Å². The summed E-state index contributed by atoms with van der Waals surface area (Å²) in [4.78, 5) is 12.0. The number of hydrogen-bond acceptors (Lipinski definition) is 7. The van der Waals surface area contributed by atoms with Gasteiger partial charge in [0, 0.05) is 18.8 Å². The van der Waals surface area contributed by atoms with Crippen LogP contribution in [0.25, 0.3) is 0 Å². The summed E-state index contributed by atoms with van der Waals surface area (Å²) in [6, 6.07) is 0. The van der Waals surface area contributed by atoms with E-state index in [4.69, 9.17) is 28.1 Å². The van der Waals surface area contributed by atoms with Crippen molar-refractivity contribution in [3.8, 4) is 0 Å². The van der Waals surface area contributed by atoms with E-state index >= 15 is 0 Å². The predicted octanol–water partition coefficient (Wildman–Crippen LogP) is 2.75. The average Bonchev–Trinajstić information content (AvgIpc) is 3.14. The van der Waals surface area contributed by atoms with Gasteiger partial charge in [0.05, 0.1) is 6.61 Å². The molecule has 2 fully saturated rings. The predicted molar refractivity (Wildman–Crippen MR) is 101 cm³/mol. The van der Waals surface area contributed by atoms with Crippen LogP contribution in [0.15, 0.2) is 11.6 Å². The van der Waals surface area contributed by atoms with Crippen LogP contribution in [0, 0.1) is 0 Å². The number of cyclic esters (lactones) is 1. The number of methoxy groups -OCH3 is 1. The molecule has 5 atom stereocenters. The molecular weight excluding hydrogens is 368 g/mol. The lowest BCUT2D eigenvalue weighted by atomic mass is 10.0. The Kier molecular flexibility index (Phi) is 5.38. The van der Waals surface area contributed by atoms with Gasteiger partial charge in [0.1, 0.15) is 18.3 Å². The second-order valence-electron chi connectivity index (χ2n) is 9.40. The van der Waals surface area contributed by atoms with Gasteiger partial charge in [0.2, 0.25) is 0 Å². The summed E-state index contributed by atoms with van der Waals surface area (Å²) >= 11 is 0. The Hall–Kier alpha value is -0.773. The van der Waals surface area contributed by atoms with Gasteiger partial charge in [-0.3, -0.25) is 0 Å². The molecule has 0 unspecified atom stereocenters. The van der Waals surface area contributed by atoms with Crippen LogP contribution >= 0.6 is 0 Å². The molecule has 0 N–H and O–H groups in total. The molecule has 0 bridgehead atoms. The summed E-state index contributed by atoms with van der Waals surface area (Å²) in [5.74, 6) is -1.12. The van der Waals surface area contributed by atoms with Gasteiger partial charge in [-0.05, 0) is 32.0 Å². The van der Waals surface area contributed by atoms with Crippen LogP contribution in [0.3, 0.4) is 0 Å². The smallest absolute Gasteiger partial charge is 0.331 e. The molecule has 27 heavy (non-hydrogen) atoms. The number of esters is 1. The molecule has 7 nitrogen and oxygen atoms in total. The first-order chi connectivity index (χ1) is 12.3. The van der Waals surface area contributed by atoms with Gasteiger partial charge in [-0.2, -0.15) is 0 Å². The number of carbonyl (C=O) groups excluding carboxylic acids is 1. The molecule has 154 valence electrons. The second-order valence-corrected chi connectivity index (χ2v) is 14.2. The third-order valence-corrected chi connectivity index (χ3v) is 10.4. The minimum Gasteiger partial charge on any atom is -0.452 e. The minimum absolute atomic E-state index is 0.0784. The maximum absolute atomic E-state index is 12.0. The Morgan fingerprint density at radius 3 is 2.37 bits per heavy atom. The summed E-state index contributed by atoms with van der Waals surface area (Å²) in [6.45, 7) is 15.0. The highest BCUT2D eigenvalue weighted by atomic mass is 28.4. The van der Waals surface area contributed by atoms with Crippen molar-refractivity contribution in [2.75, 3.05) is 13.7 Å². The quantitative estimate of drug-likeness (QED) is 0.519. The molecule has 0 aromatic heterocycles. The van der Waals surface area contributed by atoms with Gasteiger partial charge >= 0.3 is 5.97 Å². The number of ether oxygens (including phenoxy) is 5. The summed E-state index contributed by atoms with van der Waals surface area (Å²) < 4.78 is 35.2. The largest absolute Gasteiger partial charge is 0.452 e. The van der Waals surface area contributed by atoms with Gasteiger partial charge in [0.15, 0.2) is 26.5 Å². The van der Waals surface area contributed by atoms with Gasteiger partial charge in [0.25, 0.3) is 0 Å². The standard InChI is InChI=1S/C19H32O7Si/c1-18(2,3)27(7,8)22-10-11-9-12(20)23-13(11)14-15-16(17(21-6)24-14)26-19(4,5)25-15/h9,13-17H,10H2,1-8H3/t13-,14+,15+,16+,17+/m0/s1. The fraction of sp³-hybridized carbons (Fsp3) is 0.842. The van der Waals surface area contributed by atoms with Crippen molar-refractivity contribution < 1.29 is 32.9 Å². The summed E-state index contributed by atoms with van der Waals surface area (Å²) in [5.41, 5.74) is 0.777. The van der Waals surface area contributed by atoms with Crippen LogP contribution in [-0.4, -0.2) is 64.5 Å². The van der Waals surface area contributed by atoms with E-state index < -0.39 is 32.6 Å². The van der Waals surface area contributed by atoms with E-state index in [1.54, 1.807) is 7.11 Å². The molecular formula is C19H32O7Si. The van der Waals surface area contributed by atoms with Crippen LogP contribution < -0.4 is 0 Å². The van der Waals surface area contributed by atoms with Gasteiger partial charge < -0.3 is 28.1 Å². The number of hydrogen-bond donors (Lipinski definition) is 0. The highest BCUT2D eigenvalue weighted by molar-refractivity contribution is 6.74. The van der Waals surface area contributed by atoms with Crippen molar-refractivity contribution >= 4 is 14.3 Å². The highest BCUT2D eigenvalue weighted by Crippen LogP contribution is 2.43. The average molecular weight is 401 g/mol. The Balaban J connectivity index is 1.76. The molecule has 0 aliphatic carbocycles. The number of fused-ring (bicyclic) bond motifs is 1. The third kappa shape index (κ3) is 4.01. The molecule has 0 saturated carbocycles. The molecule has 0 aromatic rings. The topological polar surface area (TPSA) is 72.5 Å². The molecule has 0 spiro atoms. The first kappa shape index (κ1) is 20.9. The molecule has 3 heterocycles. The van der Waals surface area contributed by atoms with Crippen LogP contribution in [0.4, 0.5) is 0 Å². The maximum Gasteiger partial charge on any atom is 0.331 e. The highest BCUT2D eigenvalue weighted by Gasteiger charge is 2.59. The SMILES string of the molecule is CO[C@@H]1O[C@H]([C@H]2OC(=O)C=C2CO[Si](C)(C)C(C)(C)C)[C@H]2OC(C)(C)O[C@@H]12. The van der Waals surface area contributed by atoms with Crippen molar-refractivity contribution in [3.63, 3.8) is 0 Å². The fourth-order valence-electron chi connectivity index (χ4n) is 3.38. The second kappa shape index (κ2) is 6.93. The van der Waals surface area contributed by atoms with E-state index in [1.165, 1.54) is 6.08 Å². The van der Waals surface area contributed by atoms with Crippen molar-refractivity contribution in [3.05, 3.63) is 11.6 Å². The van der Waals surface area contributed by atoms with E-state index in [0.29, 0.717) is 6.61 Å². The monoisotopic (exact) mass is 400 g/mol. The van der Waals surface area contributed by atoms with E-state index in [2.05, 4.69) is 33.9 Å². The normalized spacial score (nSPS) is 35.9. The third-order valence-electron chi connectivity index (χ3n) is 5.90. The van der Waals surface area contributed by atoms with E-state index in [-0.39, 0.29) is 23.2 Å². The first-order valence-corrected chi connectivity index (χ1v) is 12.3. The van der Waals surface area contributed by atoms with E-state index in [0.717, 1.165) is 5.57 Å². The lowest BCUT2D eigenvalue weighted by molar-refractivity contribution is -0.235. The number of carbonyl (C=O) groups is 1. The summed E-state index contributed by atoms with van der Waals surface area (Å²) in [6.07, 6.45) is -0.857.